The van der Waals surface area contributed by atoms with E-state index in [4.69, 9.17) is 4.74 Å². The van der Waals surface area contributed by atoms with Crippen LogP contribution in [-0.2, 0) is 14.3 Å². The van der Waals surface area contributed by atoms with Gasteiger partial charge >= 0.3 is 5.97 Å². The fourth-order valence-electron chi connectivity index (χ4n) is 2.08. The Bertz CT molecular complexity index is 685. The van der Waals surface area contributed by atoms with Gasteiger partial charge in [0.25, 0.3) is 0 Å². The van der Waals surface area contributed by atoms with Gasteiger partial charge in [0.1, 0.15) is 6.54 Å². The Labute approximate surface area is 134 Å². The Kier molecular flexibility index (Phi) is 4.39. The van der Waals surface area contributed by atoms with E-state index < -0.39 is 0 Å². The lowest BCUT2D eigenvalue weighted by atomic mass is 10.4. The topological polar surface area (TPSA) is 93.9 Å². The fourth-order valence-corrected chi connectivity index (χ4v) is 2.43. The number of esters is 1. The van der Waals surface area contributed by atoms with Crippen molar-refractivity contribution in [1.82, 2.24) is 19.6 Å². The van der Waals surface area contributed by atoms with Gasteiger partial charge in [-0.25, -0.2) is 0 Å². The Balaban J connectivity index is 1.95. The summed E-state index contributed by atoms with van der Waals surface area (Å²) in [6.45, 7) is 2.72. The van der Waals surface area contributed by atoms with Crippen LogP contribution in [0.4, 0.5) is 11.9 Å². The molecule has 0 amide bonds. The van der Waals surface area contributed by atoms with Gasteiger partial charge in [0, 0.05) is 13.1 Å². The number of anilines is 2. The highest BCUT2D eigenvalue weighted by molar-refractivity contribution is 9.10. The summed E-state index contributed by atoms with van der Waals surface area (Å²) >= 11 is 3.42. The molecular weight excluding hydrogens is 356 g/mol. The average molecular weight is 371 g/mol. The third-order valence-corrected chi connectivity index (χ3v) is 3.79. The Morgan fingerprint density at radius 2 is 2.23 bits per heavy atom. The van der Waals surface area contributed by atoms with Crippen LogP contribution in [0.3, 0.4) is 0 Å². The van der Waals surface area contributed by atoms with Crippen molar-refractivity contribution < 1.29 is 14.3 Å². The number of nitrogens with zero attached hydrogens (tertiary/aromatic N) is 5. The van der Waals surface area contributed by atoms with Gasteiger partial charge in [0.2, 0.25) is 11.9 Å². The SMILES string of the molecule is COC(=O)CNc1nc(N2CCOCC2)nc2c(Br)cnn12. The summed E-state index contributed by atoms with van der Waals surface area (Å²) in [6.07, 6.45) is 1.64. The van der Waals surface area contributed by atoms with Crippen LogP contribution in [0, 0.1) is 0 Å². The first-order chi connectivity index (χ1) is 10.7. The number of fused-ring (bicyclic) bond motifs is 1. The Morgan fingerprint density at radius 3 is 2.95 bits per heavy atom. The summed E-state index contributed by atoms with van der Waals surface area (Å²) in [6, 6.07) is 0. The summed E-state index contributed by atoms with van der Waals surface area (Å²) in [5.41, 5.74) is 0.629. The van der Waals surface area contributed by atoms with Crippen LogP contribution in [0.1, 0.15) is 0 Å². The van der Waals surface area contributed by atoms with Gasteiger partial charge in [0.05, 0.1) is 31.0 Å². The van der Waals surface area contributed by atoms with E-state index in [-0.39, 0.29) is 12.5 Å². The lowest BCUT2D eigenvalue weighted by molar-refractivity contribution is -0.138. The summed E-state index contributed by atoms with van der Waals surface area (Å²) in [4.78, 5) is 22.3. The molecule has 0 unspecified atom stereocenters. The van der Waals surface area contributed by atoms with Crippen molar-refractivity contribution in [2.45, 2.75) is 0 Å². The van der Waals surface area contributed by atoms with E-state index in [2.05, 4.69) is 41.1 Å². The lowest BCUT2D eigenvalue weighted by Gasteiger charge is -2.27. The average Bonchev–Trinajstić information content (AvgIpc) is 2.94. The normalized spacial score (nSPS) is 15.1. The number of carbonyl (C=O) groups is 1. The molecule has 1 fully saturated rings. The molecule has 1 saturated heterocycles. The van der Waals surface area contributed by atoms with Crippen molar-refractivity contribution in [1.29, 1.82) is 0 Å². The number of methoxy groups -OCH3 is 1. The summed E-state index contributed by atoms with van der Waals surface area (Å²) in [5.74, 6) is 0.623. The molecule has 3 rings (SSSR count). The van der Waals surface area contributed by atoms with Crippen molar-refractivity contribution >= 4 is 39.4 Å². The van der Waals surface area contributed by atoms with Crippen LogP contribution in [-0.4, -0.2) is 65.5 Å². The molecule has 3 heterocycles. The molecule has 10 heteroatoms. The first kappa shape index (κ1) is 15.0. The van der Waals surface area contributed by atoms with Gasteiger partial charge in [-0.2, -0.15) is 19.6 Å². The Morgan fingerprint density at radius 1 is 1.45 bits per heavy atom. The molecule has 2 aromatic rings. The predicted octanol–water partition coefficient (Wildman–Crippen LogP) is 0.308. The van der Waals surface area contributed by atoms with Crippen molar-refractivity contribution in [2.24, 2.45) is 0 Å². The maximum absolute atomic E-state index is 11.3. The quantitative estimate of drug-likeness (QED) is 0.768. The number of carbonyl (C=O) groups excluding carboxylic acids is 1. The summed E-state index contributed by atoms with van der Waals surface area (Å²) in [7, 11) is 1.34. The molecule has 0 saturated carbocycles. The second kappa shape index (κ2) is 6.44. The van der Waals surface area contributed by atoms with Gasteiger partial charge < -0.3 is 19.7 Å². The smallest absolute Gasteiger partial charge is 0.325 e. The number of hydrogen-bond acceptors (Lipinski definition) is 8. The van der Waals surface area contributed by atoms with Crippen LogP contribution < -0.4 is 10.2 Å². The van der Waals surface area contributed by atoms with E-state index in [1.807, 2.05) is 4.90 Å². The monoisotopic (exact) mass is 370 g/mol. The highest BCUT2D eigenvalue weighted by Crippen LogP contribution is 2.21. The van der Waals surface area contributed by atoms with Gasteiger partial charge in [-0.05, 0) is 15.9 Å². The molecular formula is C12H15BrN6O3. The molecule has 9 nitrogen and oxygen atoms in total. The van der Waals surface area contributed by atoms with Crippen LogP contribution in [0.15, 0.2) is 10.7 Å². The van der Waals surface area contributed by atoms with Crippen LogP contribution in [0.2, 0.25) is 0 Å². The molecule has 22 heavy (non-hydrogen) atoms. The maximum atomic E-state index is 11.3. The highest BCUT2D eigenvalue weighted by atomic mass is 79.9. The van der Waals surface area contributed by atoms with Crippen LogP contribution in [0.25, 0.3) is 5.65 Å². The van der Waals surface area contributed by atoms with Crippen molar-refractivity contribution in [3.05, 3.63) is 10.7 Å². The molecule has 0 spiro atoms. The number of nitrogens with one attached hydrogen (secondary N) is 1. The van der Waals surface area contributed by atoms with E-state index in [0.717, 1.165) is 17.6 Å². The minimum Gasteiger partial charge on any atom is -0.468 e. The number of hydrogen-bond donors (Lipinski definition) is 1. The second-order valence-electron chi connectivity index (χ2n) is 4.60. The van der Waals surface area contributed by atoms with Crippen molar-refractivity contribution in [3.8, 4) is 0 Å². The molecule has 0 atom stereocenters. The highest BCUT2D eigenvalue weighted by Gasteiger charge is 2.18. The van der Waals surface area contributed by atoms with Crippen LogP contribution >= 0.6 is 15.9 Å². The lowest BCUT2D eigenvalue weighted by Crippen LogP contribution is -2.37. The van der Waals surface area contributed by atoms with Gasteiger partial charge in [-0.3, -0.25) is 4.79 Å². The number of ether oxygens (including phenoxy) is 2. The number of morpholine rings is 1. The molecule has 2 aromatic heterocycles. The fraction of sp³-hybridized carbons (Fsp3) is 0.500. The zero-order valence-electron chi connectivity index (χ0n) is 12.0. The molecule has 1 aliphatic heterocycles. The minimum atomic E-state index is -0.383. The van der Waals surface area contributed by atoms with Crippen LogP contribution in [0.5, 0.6) is 0 Å². The molecule has 118 valence electrons. The standard InChI is InChI=1S/C12H15BrN6O3/c1-21-9(20)7-14-11-17-12(18-2-4-22-5-3-18)16-10-8(13)6-15-19(10)11/h6H,2-5,7H2,1H3,(H,14,16,17). The van der Waals surface area contributed by atoms with E-state index in [9.17, 15) is 4.79 Å². The van der Waals surface area contributed by atoms with E-state index in [1.54, 1.807) is 6.20 Å². The van der Waals surface area contributed by atoms with Crippen molar-refractivity contribution in [2.75, 3.05) is 50.2 Å². The molecule has 1 N–H and O–H groups in total. The predicted molar refractivity (Wildman–Crippen MR) is 82.0 cm³/mol. The van der Waals surface area contributed by atoms with Gasteiger partial charge in [-0.1, -0.05) is 0 Å². The maximum Gasteiger partial charge on any atom is 0.325 e. The zero-order valence-corrected chi connectivity index (χ0v) is 13.5. The van der Waals surface area contributed by atoms with E-state index in [0.29, 0.717) is 30.8 Å². The van der Waals surface area contributed by atoms with Gasteiger partial charge in [0.15, 0.2) is 5.65 Å². The number of halogens is 1. The molecule has 0 bridgehead atoms. The van der Waals surface area contributed by atoms with Gasteiger partial charge in [-0.15, -0.1) is 0 Å². The molecule has 0 radical (unpaired) electrons. The summed E-state index contributed by atoms with van der Waals surface area (Å²) in [5, 5.41) is 7.12. The van der Waals surface area contributed by atoms with Crippen molar-refractivity contribution in [3.63, 3.8) is 0 Å². The first-order valence-electron chi connectivity index (χ1n) is 6.73. The minimum absolute atomic E-state index is 0.00262. The third-order valence-electron chi connectivity index (χ3n) is 3.23. The first-order valence-corrected chi connectivity index (χ1v) is 7.53. The third kappa shape index (κ3) is 2.97. The molecule has 1 aliphatic rings. The summed E-state index contributed by atoms with van der Waals surface area (Å²) < 4.78 is 12.3. The second-order valence-corrected chi connectivity index (χ2v) is 5.46. The Hall–Kier alpha value is -1.94. The largest absolute Gasteiger partial charge is 0.468 e. The van der Waals surface area contributed by atoms with E-state index in [1.165, 1.54) is 11.6 Å². The van der Waals surface area contributed by atoms with E-state index >= 15 is 0 Å². The molecule has 0 aliphatic carbocycles. The molecule has 0 aromatic carbocycles. The number of aromatic nitrogens is 4. The zero-order chi connectivity index (χ0) is 15.5. The number of rotatable bonds is 4.